The molecule has 3 rings (SSSR count). The summed E-state index contributed by atoms with van der Waals surface area (Å²) in [6, 6.07) is 12.7. The van der Waals surface area contributed by atoms with Gasteiger partial charge in [0.2, 0.25) is 17.7 Å². The Balaban J connectivity index is 1.55. The standard InChI is InChI=1S/C18H16N5O5S/c1-11(24)19-13-7-5-12(6-8-13)17-21-22-18(28-17)29-10-16(25)20-14-3-2-4-15(9-14)23(26)27/h2-9,26H,10H2,1H3,(H,19,24)(H,20,25)/q-1. The Morgan fingerprint density at radius 3 is 2.59 bits per heavy atom. The van der Waals surface area contributed by atoms with Crippen LogP contribution >= 0.6 is 11.8 Å². The average Bonchev–Trinajstić information content (AvgIpc) is 3.16. The van der Waals surface area contributed by atoms with Crippen LogP contribution in [0.4, 0.5) is 17.1 Å². The molecule has 0 aliphatic carbocycles. The number of hydrogen-bond donors (Lipinski definition) is 3. The van der Waals surface area contributed by atoms with Gasteiger partial charge in [0, 0.05) is 23.9 Å². The molecule has 11 heteroatoms. The lowest BCUT2D eigenvalue weighted by Gasteiger charge is -2.21. The van der Waals surface area contributed by atoms with Crippen LogP contribution in [-0.4, -0.2) is 33.0 Å². The predicted molar refractivity (Wildman–Crippen MR) is 107 cm³/mol. The summed E-state index contributed by atoms with van der Waals surface area (Å²) in [6.45, 7) is 1.42. The first kappa shape index (κ1) is 20.3. The fourth-order valence-corrected chi connectivity index (χ4v) is 2.87. The van der Waals surface area contributed by atoms with Crippen molar-refractivity contribution in [3.63, 3.8) is 0 Å². The number of rotatable bonds is 7. The van der Waals surface area contributed by atoms with E-state index in [2.05, 4.69) is 20.8 Å². The van der Waals surface area contributed by atoms with Gasteiger partial charge in [-0.2, -0.15) is 0 Å². The third-order valence-corrected chi connectivity index (χ3v) is 4.35. The zero-order valence-electron chi connectivity index (χ0n) is 15.2. The van der Waals surface area contributed by atoms with E-state index < -0.39 is 0 Å². The predicted octanol–water partition coefficient (Wildman–Crippen LogP) is 3.12. The van der Waals surface area contributed by atoms with Crippen LogP contribution in [0.25, 0.3) is 11.5 Å². The van der Waals surface area contributed by atoms with Crippen molar-refractivity contribution in [1.82, 2.24) is 10.2 Å². The molecule has 0 saturated heterocycles. The number of aromatic nitrogens is 2. The number of hydrogen-bond acceptors (Lipinski definition) is 9. The maximum Gasteiger partial charge on any atom is 0.277 e. The van der Waals surface area contributed by atoms with Gasteiger partial charge in [0.25, 0.3) is 5.22 Å². The van der Waals surface area contributed by atoms with Crippen molar-refractivity contribution < 1.29 is 19.2 Å². The van der Waals surface area contributed by atoms with Crippen LogP contribution in [0.1, 0.15) is 6.92 Å². The molecule has 3 aromatic rings. The Kier molecular flexibility index (Phi) is 6.44. The van der Waals surface area contributed by atoms with E-state index in [4.69, 9.17) is 9.62 Å². The second-order valence-electron chi connectivity index (χ2n) is 5.79. The van der Waals surface area contributed by atoms with Crippen molar-refractivity contribution in [2.24, 2.45) is 0 Å². The van der Waals surface area contributed by atoms with Crippen LogP contribution in [0, 0.1) is 5.21 Å². The highest BCUT2D eigenvalue weighted by Gasteiger charge is 2.12. The van der Waals surface area contributed by atoms with E-state index >= 15 is 0 Å². The number of carbonyl (C=O) groups is 2. The molecule has 3 N–H and O–H groups in total. The Bertz CT molecular complexity index is 1010. The second kappa shape index (κ2) is 9.19. The molecule has 29 heavy (non-hydrogen) atoms. The molecule has 2 aromatic carbocycles. The molecule has 0 fully saturated rings. The summed E-state index contributed by atoms with van der Waals surface area (Å²) in [7, 11) is 0. The molecule has 2 amide bonds. The summed E-state index contributed by atoms with van der Waals surface area (Å²) >= 11 is 1.05. The summed E-state index contributed by atoms with van der Waals surface area (Å²) in [5.41, 5.74) is 1.69. The minimum Gasteiger partial charge on any atom is -0.733 e. The molecule has 0 aliphatic heterocycles. The molecule has 0 saturated carbocycles. The highest BCUT2D eigenvalue weighted by molar-refractivity contribution is 7.99. The number of benzene rings is 2. The van der Waals surface area contributed by atoms with Crippen molar-refractivity contribution in [2.75, 3.05) is 21.6 Å². The molecule has 0 aliphatic rings. The fraction of sp³-hybridized carbons (Fsp3) is 0.111. The number of nitrogens with one attached hydrogen (secondary N) is 2. The van der Waals surface area contributed by atoms with Gasteiger partial charge in [-0.25, -0.2) is 0 Å². The SMILES string of the molecule is CC(=O)Nc1ccc(-c2nnc(SCC(=O)Nc3cccc(N([O-])O)c3)o2)cc1. The molecule has 0 unspecified atom stereocenters. The maximum absolute atomic E-state index is 12.1. The van der Waals surface area contributed by atoms with Crippen LogP contribution in [0.5, 0.6) is 0 Å². The van der Waals surface area contributed by atoms with Gasteiger partial charge in [-0.15, -0.1) is 10.2 Å². The molecule has 0 spiro atoms. The molecule has 1 heterocycles. The van der Waals surface area contributed by atoms with E-state index in [0.29, 0.717) is 16.9 Å². The van der Waals surface area contributed by atoms with Crippen molar-refractivity contribution in [3.05, 3.63) is 53.7 Å². The van der Waals surface area contributed by atoms with Gasteiger partial charge in [-0.05, 0) is 42.5 Å². The highest BCUT2D eigenvalue weighted by Crippen LogP contribution is 2.25. The highest BCUT2D eigenvalue weighted by atomic mass is 32.2. The average molecular weight is 414 g/mol. The fourth-order valence-electron chi connectivity index (χ4n) is 2.31. The van der Waals surface area contributed by atoms with Crippen molar-refractivity contribution in [3.8, 4) is 11.5 Å². The normalized spacial score (nSPS) is 10.4. The van der Waals surface area contributed by atoms with Gasteiger partial charge < -0.3 is 25.5 Å². The zero-order chi connectivity index (χ0) is 20.8. The van der Waals surface area contributed by atoms with Crippen LogP contribution < -0.4 is 15.9 Å². The first-order valence-electron chi connectivity index (χ1n) is 8.31. The molecule has 150 valence electrons. The number of thioether (sulfide) groups is 1. The molecule has 1 aromatic heterocycles. The van der Waals surface area contributed by atoms with Gasteiger partial charge in [-0.1, -0.05) is 17.8 Å². The summed E-state index contributed by atoms with van der Waals surface area (Å²) in [4.78, 5) is 23.1. The molecule has 0 radical (unpaired) electrons. The number of nitrogens with zero attached hydrogens (tertiary/aromatic N) is 3. The minimum absolute atomic E-state index is 0.00141. The van der Waals surface area contributed by atoms with Crippen LogP contribution in [-0.2, 0) is 9.59 Å². The van der Waals surface area contributed by atoms with E-state index in [1.807, 2.05) is 0 Å². The Morgan fingerprint density at radius 1 is 1.14 bits per heavy atom. The van der Waals surface area contributed by atoms with Gasteiger partial charge in [0.05, 0.1) is 11.4 Å². The summed E-state index contributed by atoms with van der Waals surface area (Å²) in [5, 5.41) is 32.8. The van der Waals surface area contributed by atoms with Gasteiger partial charge in [0.1, 0.15) is 0 Å². The number of anilines is 3. The number of amides is 2. The molecular weight excluding hydrogens is 398 g/mol. The molecule has 10 nitrogen and oxygen atoms in total. The molecular formula is C18H16N5O5S-. The lowest BCUT2D eigenvalue weighted by molar-refractivity contribution is -0.114. The van der Waals surface area contributed by atoms with Crippen molar-refractivity contribution in [1.29, 1.82) is 0 Å². The quantitative estimate of drug-likeness (QED) is 0.392. The third-order valence-electron chi connectivity index (χ3n) is 3.54. The largest absolute Gasteiger partial charge is 0.733 e. The Hall–Kier alpha value is -3.41. The topological polar surface area (TPSA) is 144 Å². The summed E-state index contributed by atoms with van der Waals surface area (Å²) in [5.74, 6) is -0.218. The van der Waals surface area contributed by atoms with Crippen LogP contribution in [0.15, 0.2) is 58.2 Å². The maximum atomic E-state index is 12.1. The van der Waals surface area contributed by atoms with Crippen molar-refractivity contribution in [2.45, 2.75) is 12.1 Å². The molecule has 0 atom stereocenters. The first-order valence-corrected chi connectivity index (χ1v) is 9.29. The van der Waals surface area contributed by atoms with Gasteiger partial charge >= 0.3 is 0 Å². The lowest BCUT2D eigenvalue weighted by Crippen LogP contribution is -2.14. The second-order valence-corrected chi connectivity index (χ2v) is 6.72. The van der Waals surface area contributed by atoms with E-state index in [-0.39, 0.29) is 39.6 Å². The van der Waals surface area contributed by atoms with E-state index in [0.717, 1.165) is 11.8 Å². The van der Waals surface area contributed by atoms with E-state index in [1.54, 1.807) is 30.3 Å². The number of carbonyl (C=O) groups excluding carboxylic acids is 2. The Morgan fingerprint density at radius 2 is 1.90 bits per heavy atom. The lowest BCUT2D eigenvalue weighted by atomic mass is 10.2. The third kappa shape index (κ3) is 5.78. The Labute approximate surface area is 169 Å². The van der Waals surface area contributed by atoms with E-state index in [9.17, 15) is 14.8 Å². The first-order chi connectivity index (χ1) is 13.9. The van der Waals surface area contributed by atoms with Gasteiger partial charge in [0.15, 0.2) is 0 Å². The van der Waals surface area contributed by atoms with Crippen LogP contribution in [0.3, 0.4) is 0 Å². The monoisotopic (exact) mass is 414 g/mol. The minimum atomic E-state index is -0.345. The molecule has 0 bridgehead atoms. The van der Waals surface area contributed by atoms with E-state index in [1.165, 1.54) is 25.1 Å². The smallest absolute Gasteiger partial charge is 0.277 e. The summed E-state index contributed by atoms with van der Waals surface area (Å²) < 4.78 is 5.53. The zero-order valence-corrected chi connectivity index (χ0v) is 16.0. The summed E-state index contributed by atoms with van der Waals surface area (Å²) in [6.07, 6.45) is 0. The van der Waals surface area contributed by atoms with Crippen molar-refractivity contribution >= 4 is 40.6 Å². The van der Waals surface area contributed by atoms with Crippen LogP contribution in [0.2, 0.25) is 0 Å². The van der Waals surface area contributed by atoms with Gasteiger partial charge in [-0.3, -0.25) is 14.8 Å².